The van der Waals surface area contributed by atoms with Crippen molar-refractivity contribution in [3.8, 4) is 5.88 Å². The number of pyridine rings is 1. The van der Waals surface area contributed by atoms with Crippen LogP contribution in [0.25, 0.3) is 0 Å². The van der Waals surface area contributed by atoms with Gasteiger partial charge >= 0.3 is 5.97 Å². The lowest BCUT2D eigenvalue weighted by molar-refractivity contribution is 0.0236. The van der Waals surface area contributed by atoms with Gasteiger partial charge in [-0.05, 0) is 0 Å². The molecule has 1 fully saturated rings. The Hall–Kier alpha value is -1.82. The van der Waals surface area contributed by atoms with E-state index in [2.05, 4.69) is 4.98 Å². The second kappa shape index (κ2) is 5.01. The van der Waals surface area contributed by atoms with Gasteiger partial charge in [0.1, 0.15) is 6.10 Å². The molecule has 0 saturated carbocycles. The van der Waals surface area contributed by atoms with Crippen LogP contribution in [0, 0.1) is 0 Å². The van der Waals surface area contributed by atoms with E-state index >= 15 is 0 Å². The lowest BCUT2D eigenvalue weighted by atomic mass is 10.1. The van der Waals surface area contributed by atoms with Gasteiger partial charge in [0.2, 0.25) is 5.88 Å². The number of nitrogens with zero attached hydrogens (tertiary/aromatic N) is 1. The first kappa shape index (κ1) is 11.7. The Morgan fingerprint density at radius 2 is 2.24 bits per heavy atom. The van der Waals surface area contributed by atoms with Gasteiger partial charge < -0.3 is 20.3 Å². The zero-order valence-corrected chi connectivity index (χ0v) is 9.26. The van der Waals surface area contributed by atoms with Gasteiger partial charge in [0.15, 0.2) is 0 Å². The monoisotopic (exact) mass is 238 g/mol. The van der Waals surface area contributed by atoms with Gasteiger partial charge in [-0.25, -0.2) is 9.78 Å². The number of hydrogen-bond donors (Lipinski definition) is 2. The Morgan fingerprint density at radius 3 is 2.88 bits per heavy atom. The largest absolute Gasteiger partial charge is 0.478 e. The van der Waals surface area contributed by atoms with E-state index < -0.39 is 5.97 Å². The number of aromatic nitrogens is 1. The highest BCUT2D eigenvalue weighted by Crippen LogP contribution is 2.20. The molecule has 1 saturated heterocycles. The first-order chi connectivity index (χ1) is 8.16. The van der Waals surface area contributed by atoms with E-state index in [1.165, 1.54) is 12.3 Å². The number of rotatable bonds is 3. The van der Waals surface area contributed by atoms with Crippen molar-refractivity contribution in [3.63, 3.8) is 0 Å². The topological polar surface area (TPSA) is 94.7 Å². The van der Waals surface area contributed by atoms with Crippen LogP contribution in [0.3, 0.4) is 0 Å². The van der Waals surface area contributed by atoms with E-state index in [1.54, 1.807) is 0 Å². The van der Waals surface area contributed by atoms with Crippen LogP contribution < -0.4 is 10.5 Å². The van der Waals surface area contributed by atoms with Crippen molar-refractivity contribution in [2.45, 2.75) is 18.9 Å². The summed E-state index contributed by atoms with van der Waals surface area (Å²) in [6.07, 6.45) is 2.91. The van der Waals surface area contributed by atoms with E-state index in [-0.39, 0.29) is 17.4 Å². The lowest BCUT2D eigenvalue weighted by Crippen LogP contribution is -2.26. The zero-order chi connectivity index (χ0) is 12.3. The molecule has 1 aromatic rings. The molecule has 0 aliphatic carbocycles. The molecule has 6 heteroatoms. The van der Waals surface area contributed by atoms with Gasteiger partial charge in [-0.2, -0.15) is 0 Å². The molecular weight excluding hydrogens is 224 g/mol. The van der Waals surface area contributed by atoms with Crippen molar-refractivity contribution >= 4 is 11.7 Å². The molecule has 0 amide bonds. The predicted molar refractivity (Wildman–Crippen MR) is 60.1 cm³/mol. The average molecular weight is 238 g/mol. The maximum atomic E-state index is 10.9. The van der Waals surface area contributed by atoms with Crippen LogP contribution in [0.5, 0.6) is 5.88 Å². The molecule has 1 aliphatic heterocycles. The number of aromatic carboxylic acids is 1. The van der Waals surface area contributed by atoms with Crippen molar-refractivity contribution in [2.24, 2.45) is 0 Å². The van der Waals surface area contributed by atoms with Crippen molar-refractivity contribution < 1.29 is 19.4 Å². The standard InChI is InChI=1S/C11H14N2O4/c12-9-6-13-10(5-8(9)11(14)15)17-7-1-3-16-4-2-7/h5-7H,1-4,12H2,(H,14,15). The van der Waals surface area contributed by atoms with Gasteiger partial charge in [0.05, 0.1) is 30.7 Å². The van der Waals surface area contributed by atoms with Crippen LogP contribution in [0.4, 0.5) is 5.69 Å². The smallest absolute Gasteiger partial charge is 0.338 e. The molecular formula is C11H14N2O4. The molecule has 92 valence electrons. The molecule has 0 atom stereocenters. The fourth-order valence-electron chi connectivity index (χ4n) is 1.66. The van der Waals surface area contributed by atoms with Crippen LogP contribution in [-0.2, 0) is 4.74 Å². The third-order valence-electron chi connectivity index (χ3n) is 2.60. The third kappa shape index (κ3) is 2.85. The second-order valence-corrected chi connectivity index (χ2v) is 3.84. The van der Waals surface area contributed by atoms with E-state index in [9.17, 15) is 4.79 Å². The van der Waals surface area contributed by atoms with Crippen LogP contribution >= 0.6 is 0 Å². The minimum atomic E-state index is -1.08. The summed E-state index contributed by atoms with van der Waals surface area (Å²) in [7, 11) is 0. The number of carboxylic acid groups (broad SMARTS) is 1. The van der Waals surface area contributed by atoms with Gasteiger partial charge in [-0.3, -0.25) is 0 Å². The molecule has 0 spiro atoms. The molecule has 17 heavy (non-hydrogen) atoms. The lowest BCUT2D eigenvalue weighted by Gasteiger charge is -2.22. The molecule has 0 unspecified atom stereocenters. The summed E-state index contributed by atoms with van der Waals surface area (Å²) in [4.78, 5) is 14.8. The third-order valence-corrected chi connectivity index (χ3v) is 2.60. The minimum Gasteiger partial charge on any atom is -0.478 e. The van der Waals surface area contributed by atoms with E-state index in [1.807, 2.05) is 0 Å². The molecule has 0 bridgehead atoms. The van der Waals surface area contributed by atoms with Crippen LogP contribution in [0.15, 0.2) is 12.3 Å². The number of carboxylic acids is 1. The summed E-state index contributed by atoms with van der Waals surface area (Å²) >= 11 is 0. The number of ether oxygens (including phenoxy) is 2. The molecule has 1 aromatic heterocycles. The maximum Gasteiger partial charge on any atom is 0.338 e. The fourth-order valence-corrected chi connectivity index (χ4v) is 1.66. The summed E-state index contributed by atoms with van der Waals surface area (Å²) in [5, 5.41) is 8.91. The highest BCUT2D eigenvalue weighted by atomic mass is 16.5. The van der Waals surface area contributed by atoms with Gasteiger partial charge in [0.25, 0.3) is 0 Å². The minimum absolute atomic E-state index is 0.0158. The number of nitrogens with two attached hydrogens (primary N) is 1. The van der Waals surface area contributed by atoms with Gasteiger partial charge in [0, 0.05) is 18.9 Å². The second-order valence-electron chi connectivity index (χ2n) is 3.84. The highest BCUT2D eigenvalue weighted by molar-refractivity contribution is 5.93. The van der Waals surface area contributed by atoms with Crippen molar-refractivity contribution in [2.75, 3.05) is 18.9 Å². The van der Waals surface area contributed by atoms with Crippen LogP contribution in [0.2, 0.25) is 0 Å². The molecule has 6 nitrogen and oxygen atoms in total. The molecule has 0 radical (unpaired) electrons. The Kier molecular flexibility index (Phi) is 3.43. The molecule has 2 heterocycles. The van der Waals surface area contributed by atoms with Crippen molar-refractivity contribution in [1.82, 2.24) is 4.98 Å². The summed E-state index contributed by atoms with van der Waals surface area (Å²) in [5.74, 6) is -0.787. The Balaban J connectivity index is 2.10. The molecule has 0 aromatic carbocycles. The van der Waals surface area contributed by atoms with E-state index in [0.717, 1.165) is 12.8 Å². The fraction of sp³-hybridized carbons (Fsp3) is 0.455. The Morgan fingerprint density at radius 1 is 1.53 bits per heavy atom. The maximum absolute atomic E-state index is 10.9. The van der Waals surface area contributed by atoms with Crippen molar-refractivity contribution in [3.05, 3.63) is 17.8 Å². The van der Waals surface area contributed by atoms with Crippen LogP contribution in [-0.4, -0.2) is 35.4 Å². The van der Waals surface area contributed by atoms with Crippen molar-refractivity contribution in [1.29, 1.82) is 0 Å². The SMILES string of the molecule is Nc1cnc(OC2CCOCC2)cc1C(=O)O. The van der Waals surface area contributed by atoms with E-state index in [0.29, 0.717) is 19.1 Å². The van der Waals surface area contributed by atoms with Crippen LogP contribution in [0.1, 0.15) is 23.2 Å². The number of carbonyl (C=O) groups is 1. The summed E-state index contributed by atoms with van der Waals surface area (Å²) < 4.78 is 10.8. The predicted octanol–water partition coefficient (Wildman–Crippen LogP) is 0.920. The average Bonchev–Trinajstić information content (AvgIpc) is 2.32. The Labute approximate surface area is 98.4 Å². The molecule has 1 aliphatic rings. The Bertz CT molecular complexity index is 416. The molecule has 2 rings (SSSR count). The molecule has 3 N–H and O–H groups in total. The summed E-state index contributed by atoms with van der Waals surface area (Å²) in [6, 6.07) is 1.35. The summed E-state index contributed by atoms with van der Waals surface area (Å²) in [6.45, 7) is 1.32. The number of anilines is 1. The normalized spacial score (nSPS) is 16.7. The zero-order valence-electron chi connectivity index (χ0n) is 9.26. The highest BCUT2D eigenvalue weighted by Gasteiger charge is 2.17. The first-order valence-electron chi connectivity index (χ1n) is 5.40. The van der Waals surface area contributed by atoms with Gasteiger partial charge in [-0.15, -0.1) is 0 Å². The van der Waals surface area contributed by atoms with E-state index in [4.69, 9.17) is 20.3 Å². The summed E-state index contributed by atoms with van der Waals surface area (Å²) in [5.41, 5.74) is 5.66. The quantitative estimate of drug-likeness (QED) is 0.813. The van der Waals surface area contributed by atoms with Gasteiger partial charge in [-0.1, -0.05) is 0 Å². The number of nitrogen functional groups attached to an aromatic ring is 1. The first-order valence-corrected chi connectivity index (χ1v) is 5.40. The number of hydrogen-bond acceptors (Lipinski definition) is 5.